The van der Waals surface area contributed by atoms with E-state index in [9.17, 15) is 0 Å². The first-order valence-electron chi connectivity index (χ1n) is 8.37. The maximum absolute atomic E-state index is 6.35. The standard InChI is InChI=1S/C21H19ClN2/c1-2-14-12-18(22)21-19(13-14)23-20(24-21)10-8-15-7-9-16-5-3-4-6-17(16)11-15/h3-7,9,11-13H,2,8,10H2,1H3,(H,23,24). The van der Waals surface area contributed by atoms with Crippen molar-refractivity contribution in [2.45, 2.75) is 26.2 Å². The Kier molecular flexibility index (Phi) is 3.99. The number of hydrogen-bond donors (Lipinski definition) is 1. The summed E-state index contributed by atoms with van der Waals surface area (Å²) >= 11 is 6.35. The minimum Gasteiger partial charge on any atom is -0.342 e. The maximum atomic E-state index is 6.35. The van der Waals surface area contributed by atoms with Crippen LogP contribution >= 0.6 is 11.6 Å². The normalized spacial score (nSPS) is 11.4. The quantitative estimate of drug-likeness (QED) is 0.508. The number of nitrogens with zero attached hydrogens (tertiary/aromatic N) is 1. The Hall–Kier alpha value is -2.32. The third-order valence-electron chi connectivity index (χ3n) is 4.52. The summed E-state index contributed by atoms with van der Waals surface area (Å²) in [6.45, 7) is 2.13. The number of rotatable bonds is 4. The van der Waals surface area contributed by atoms with Crippen molar-refractivity contribution in [1.82, 2.24) is 9.97 Å². The van der Waals surface area contributed by atoms with Crippen molar-refractivity contribution in [3.05, 3.63) is 76.6 Å². The second-order valence-corrected chi connectivity index (χ2v) is 6.60. The molecule has 0 bridgehead atoms. The van der Waals surface area contributed by atoms with Gasteiger partial charge in [0.05, 0.1) is 10.5 Å². The Morgan fingerprint density at radius 2 is 1.75 bits per heavy atom. The summed E-state index contributed by atoms with van der Waals surface area (Å²) < 4.78 is 0. The molecule has 2 nitrogen and oxygen atoms in total. The van der Waals surface area contributed by atoms with Crippen LogP contribution in [0.2, 0.25) is 5.02 Å². The maximum Gasteiger partial charge on any atom is 0.107 e. The molecule has 3 heteroatoms. The first-order valence-corrected chi connectivity index (χ1v) is 8.75. The number of aromatic nitrogens is 2. The van der Waals surface area contributed by atoms with Crippen LogP contribution in [0.4, 0.5) is 0 Å². The number of halogens is 1. The number of hydrogen-bond acceptors (Lipinski definition) is 1. The van der Waals surface area contributed by atoms with Crippen LogP contribution in [-0.2, 0) is 19.3 Å². The fourth-order valence-corrected chi connectivity index (χ4v) is 3.45. The number of fused-ring (bicyclic) bond motifs is 2. The Morgan fingerprint density at radius 3 is 2.58 bits per heavy atom. The van der Waals surface area contributed by atoms with Gasteiger partial charge in [0.1, 0.15) is 11.3 Å². The zero-order valence-corrected chi connectivity index (χ0v) is 14.4. The predicted molar refractivity (Wildman–Crippen MR) is 102 cm³/mol. The van der Waals surface area contributed by atoms with Gasteiger partial charge in [-0.3, -0.25) is 0 Å². The Bertz CT molecular complexity index is 1020. The van der Waals surface area contributed by atoms with Gasteiger partial charge in [0.15, 0.2) is 0 Å². The van der Waals surface area contributed by atoms with Crippen molar-refractivity contribution in [2.75, 3.05) is 0 Å². The summed E-state index contributed by atoms with van der Waals surface area (Å²) in [5.74, 6) is 0.994. The van der Waals surface area contributed by atoms with Gasteiger partial charge in [-0.05, 0) is 46.9 Å². The molecule has 1 aromatic heterocycles. The van der Waals surface area contributed by atoms with Crippen molar-refractivity contribution in [2.24, 2.45) is 0 Å². The number of aromatic amines is 1. The van der Waals surface area contributed by atoms with Gasteiger partial charge in [-0.15, -0.1) is 0 Å². The van der Waals surface area contributed by atoms with Gasteiger partial charge in [0.2, 0.25) is 0 Å². The number of H-pyrrole nitrogens is 1. The van der Waals surface area contributed by atoms with Crippen molar-refractivity contribution in [1.29, 1.82) is 0 Å². The van der Waals surface area contributed by atoms with Crippen molar-refractivity contribution in [3.63, 3.8) is 0 Å². The molecule has 0 amide bonds. The Balaban J connectivity index is 1.58. The minimum atomic E-state index is 0.734. The first-order chi connectivity index (χ1) is 11.7. The highest BCUT2D eigenvalue weighted by atomic mass is 35.5. The van der Waals surface area contributed by atoms with Crippen LogP contribution in [0.15, 0.2) is 54.6 Å². The molecular formula is C21H19ClN2. The van der Waals surface area contributed by atoms with Gasteiger partial charge in [0.25, 0.3) is 0 Å². The molecule has 0 saturated carbocycles. The molecule has 0 unspecified atom stereocenters. The summed E-state index contributed by atoms with van der Waals surface area (Å²) in [5.41, 5.74) is 4.47. The van der Waals surface area contributed by atoms with Crippen LogP contribution < -0.4 is 0 Å². The van der Waals surface area contributed by atoms with E-state index >= 15 is 0 Å². The van der Waals surface area contributed by atoms with E-state index in [-0.39, 0.29) is 0 Å². The largest absolute Gasteiger partial charge is 0.342 e. The highest BCUT2D eigenvalue weighted by Gasteiger charge is 2.08. The SMILES string of the molecule is CCc1cc(Cl)c2nc(CCc3ccc4ccccc4c3)[nH]c2c1. The molecular weight excluding hydrogens is 316 g/mol. The molecule has 120 valence electrons. The van der Waals surface area contributed by atoms with E-state index in [2.05, 4.69) is 65.4 Å². The van der Waals surface area contributed by atoms with E-state index in [0.717, 1.165) is 41.1 Å². The zero-order valence-electron chi connectivity index (χ0n) is 13.6. The molecule has 0 aliphatic carbocycles. The molecule has 0 radical (unpaired) electrons. The van der Waals surface area contributed by atoms with Gasteiger partial charge in [-0.25, -0.2) is 4.98 Å². The molecule has 24 heavy (non-hydrogen) atoms. The molecule has 0 fully saturated rings. The Labute approximate surface area is 146 Å². The highest BCUT2D eigenvalue weighted by Crippen LogP contribution is 2.24. The third kappa shape index (κ3) is 2.90. The van der Waals surface area contributed by atoms with Crippen molar-refractivity contribution < 1.29 is 0 Å². The molecule has 0 aliphatic rings. The van der Waals surface area contributed by atoms with E-state index < -0.39 is 0 Å². The van der Waals surface area contributed by atoms with Crippen molar-refractivity contribution >= 4 is 33.4 Å². The fourth-order valence-electron chi connectivity index (χ4n) is 3.16. The third-order valence-corrected chi connectivity index (χ3v) is 4.81. The van der Waals surface area contributed by atoms with Crippen molar-refractivity contribution in [3.8, 4) is 0 Å². The lowest BCUT2D eigenvalue weighted by atomic mass is 10.0. The zero-order chi connectivity index (χ0) is 16.5. The van der Waals surface area contributed by atoms with E-state index in [0.29, 0.717) is 0 Å². The van der Waals surface area contributed by atoms with Crippen LogP contribution in [0.25, 0.3) is 21.8 Å². The van der Waals surface area contributed by atoms with Crippen LogP contribution in [0, 0.1) is 0 Å². The summed E-state index contributed by atoms with van der Waals surface area (Å²) in [7, 11) is 0. The van der Waals surface area contributed by atoms with Crippen LogP contribution in [0.1, 0.15) is 23.9 Å². The molecule has 0 saturated heterocycles. The fraction of sp³-hybridized carbons (Fsp3) is 0.190. The smallest absolute Gasteiger partial charge is 0.107 e. The van der Waals surface area contributed by atoms with Gasteiger partial charge < -0.3 is 4.98 Å². The molecule has 3 aromatic carbocycles. The highest BCUT2D eigenvalue weighted by molar-refractivity contribution is 6.35. The molecule has 0 aliphatic heterocycles. The molecule has 1 heterocycles. The molecule has 4 rings (SSSR count). The molecule has 0 atom stereocenters. The minimum absolute atomic E-state index is 0.734. The average Bonchev–Trinajstić information content (AvgIpc) is 3.03. The summed E-state index contributed by atoms with van der Waals surface area (Å²) in [5, 5.41) is 3.30. The van der Waals surface area contributed by atoms with Gasteiger partial charge >= 0.3 is 0 Å². The van der Waals surface area contributed by atoms with E-state index in [1.54, 1.807) is 0 Å². The van der Waals surface area contributed by atoms with Crippen LogP contribution in [0.3, 0.4) is 0 Å². The molecule has 0 spiro atoms. The van der Waals surface area contributed by atoms with Gasteiger partial charge in [-0.1, -0.05) is 61.0 Å². The first kappa shape index (κ1) is 15.2. The average molecular weight is 335 g/mol. The number of nitrogens with one attached hydrogen (secondary N) is 1. The van der Waals surface area contributed by atoms with Crippen LogP contribution in [0.5, 0.6) is 0 Å². The summed E-state index contributed by atoms with van der Waals surface area (Å²) in [6.07, 6.45) is 2.81. The molecule has 4 aromatic rings. The summed E-state index contributed by atoms with van der Waals surface area (Å²) in [4.78, 5) is 8.10. The van der Waals surface area contributed by atoms with Gasteiger partial charge in [0, 0.05) is 6.42 Å². The second kappa shape index (κ2) is 6.29. The Morgan fingerprint density at radius 1 is 0.917 bits per heavy atom. The van der Waals surface area contributed by atoms with Gasteiger partial charge in [-0.2, -0.15) is 0 Å². The number of imidazole rings is 1. The van der Waals surface area contributed by atoms with Crippen LogP contribution in [-0.4, -0.2) is 9.97 Å². The topological polar surface area (TPSA) is 28.7 Å². The lowest BCUT2D eigenvalue weighted by molar-refractivity contribution is 0.891. The van der Waals surface area contributed by atoms with E-state index in [1.165, 1.54) is 21.9 Å². The second-order valence-electron chi connectivity index (χ2n) is 6.19. The predicted octanol–water partition coefficient (Wildman–Crippen LogP) is 5.72. The number of benzene rings is 3. The van der Waals surface area contributed by atoms with E-state index in [1.807, 2.05) is 6.07 Å². The molecule has 1 N–H and O–H groups in total. The van der Waals surface area contributed by atoms with E-state index in [4.69, 9.17) is 11.6 Å². The number of aryl methyl sites for hydroxylation is 3. The lowest BCUT2D eigenvalue weighted by Gasteiger charge is -2.02. The summed E-state index contributed by atoms with van der Waals surface area (Å²) in [6, 6.07) is 19.3. The lowest BCUT2D eigenvalue weighted by Crippen LogP contribution is -1.93. The monoisotopic (exact) mass is 334 g/mol.